The van der Waals surface area contributed by atoms with Crippen LogP contribution in [0.25, 0.3) is 22.2 Å². The fourth-order valence-electron chi connectivity index (χ4n) is 5.85. The summed E-state index contributed by atoms with van der Waals surface area (Å²) in [5.74, 6) is 1.71. The van der Waals surface area contributed by atoms with Crippen molar-refractivity contribution < 1.29 is 13.9 Å². The number of piperidine rings is 1. The maximum atomic E-state index is 13.5. The van der Waals surface area contributed by atoms with Gasteiger partial charge in [0.25, 0.3) is 0 Å². The lowest BCUT2D eigenvalue weighted by atomic mass is 10.0. The topological polar surface area (TPSA) is 90.2 Å². The molecule has 0 saturated carbocycles. The van der Waals surface area contributed by atoms with Crippen LogP contribution in [0.5, 0.6) is 11.5 Å². The van der Waals surface area contributed by atoms with Crippen LogP contribution in [0.3, 0.4) is 0 Å². The zero-order chi connectivity index (χ0) is 32.2. The molecule has 1 aliphatic heterocycles. The van der Waals surface area contributed by atoms with Crippen LogP contribution in [0, 0.1) is 5.82 Å². The van der Waals surface area contributed by atoms with Crippen molar-refractivity contribution in [2.24, 2.45) is 0 Å². The van der Waals surface area contributed by atoms with E-state index in [9.17, 15) is 4.39 Å². The summed E-state index contributed by atoms with van der Waals surface area (Å²) in [6.07, 6.45) is 5.58. The number of hydrogen-bond donors (Lipinski definition) is 1. The van der Waals surface area contributed by atoms with Gasteiger partial charge in [0.05, 0.1) is 29.9 Å². The SMILES string of the molecule is COc1ccc(CN2CCC(n3cc(-c4ccc5ncnc(Nc6ccc(OCc7cccc(F)c7)c(Cl)c6)c5c4)nn3)CC2)cc1. The smallest absolute Gasteiger partial charge is 0.141 e. The van der Waals surface area contributed by atoms with Crippen molar-refractivity contribution >= 4 is 34.0 Å². The quantitative estimate of drug-likeness (QED) is 0.160. The molecule has 0 aliphatic carbocycles. The van der Waals surface area contributed by atoms with Gasteiger partial charge in [-0.25, -0.2) is 19.0 Å². The summed E-state index contributed by atoms with van der Waals surface area (Å²) in [5, 5.41) is 13.7. The van der Waals surface area contributed by atoms with Gasteiger partial charge in [0, 0.05) is 36.3 Å². The fraction of sp³-hybridized carbons (Fsp3) is 0.222. The first kappa shape index (κ1) is 30.6. The molecule has 2 aromatic heterocycles. The van der Waals surface area contributed by atoms with Crippen LogP contribution in [0.15, 0.2) is 97.5 Å². The lowest BCUT2D eigenvalue weighted by molar-refractivity contribution is 0.172. The lowest BCUT2D eigenvalue weighted by Crippen LogP contribution is -2.34. The van der Waals surface area contributed by atoms with Gasteiger partial charge in [-0.3, -0.25) is 4.90 Å². The number of nitrogens with one attached hydrogen (secondary N) is 1. The number of likely N-dealkylation sites (tertiary alicyclic amines) is 1. The number of methoxy groups -OCH3 is 1. The van der Waals surface area contributed by atoms with Crippen LogP contribution in [-0.2, 0) is 13.2 Å². The van der Waals surface area contributed by atoms with Gasteiger partial charge in [-0.15, -0.1) is 5.10 Å². The summed E-state index contributed by atoms with van der Waals surface area (Å²) in [6.45, 7) is 3.13. The third-order valence-electron chi connectivity index (χ3n) is 8.42. The number of benzene rings is 4. The molecular formula is C36H33ClFN7O2. The van der Waals surface area contributed by atoms with E-state index in [0.717, 1.165) is 71.6 Å². The lowest BCUT2D eigenvalue weighted by Gasteiger charge is -2.31. The highest BCUT2D eigenvalue weighted by Gasteiger charge is 2.22. The van der Waals surface area contributed by atoms with E-state index in [1.807, 2.05) is 47.3 Å². The van der Waals surface area contributed by atoms with Gasteiger partial charge >= 0.3 is 0 Å². The van der Waals surface area contributed by atoms with Crippen molar-refractivity contribution in [2.45, 2.75) is 32.0 Å². The summed E-state index contributed by atoms with van der Waals surface area (Å²) >= 11 is 6.54. The molecule has 11 heteroatoms. The Bertz CT molecular complexity index is 1990. The van der Waals surface area contributed by atoms with Gasteiger partial charge in [-0.2, -0.15) is 0 Å². The summed E-state index contributed by atoms with van der Waals surface area (Å²) < 4.78 is 26.6. The van der Waals surface area contributed by atoms with Crippen molar-refractivity contribution in [1.29, 1.82) is 0 Å². The predicted molar refractivity (Wildman–Crippen MR) is 181 cm³/mol. The van der Waals surface area contributed by atoms with E-state index in [2.05, 4.69) is 42.6 Å². The van der Waals surface area contributed by atoms with Crippen molar-refractivity contribution in [2.75, 3.05) is 25.5 Å². The molecule has 4 aromatic carbocycles. The van der Waals surface area contributed by atoms with Gasteiger partial charge in [0.2, 0.25) is 0 Å². The zero-order valence-electron chi connectivity index (χ0n) is 25.8. The molecule has 9 nitrogen and oxygen atoms in total. The first-order chi connectivity index (χ1) is 23.0. The summed E-state index contributed by atoms with van der Waals surface area (Å²) in [5.41, 5.74) is 5.26. The van der Waals surface area contributed by atoms with Crippen LogP contribution in [0.4, 0.5) is 15.9 Å². The molecule has 1 aliphatic rings. The Morgan fingerprint density at radius 2 is 1.79 bits per heavy atom. The summed E-state index contributed by atoms with van der Waals surface area (Å²) in [4.78, 5) is 11.5. The Morgan fingerprint density at radius 3 is 2.57 bits per heavy atom. The van der Waals surface area contributed by atoms with E-state index >= 15 is 0 Å². The Kier molecular flexibility index (Phi) is 8.94. The molecule has 1 N–H and O–H groups in total. The monoisotopic (exact) mass is 649 g/mol. The Morgan fingerprint density at radius 1 is 0.936 bits per heavy atom. The molecule has 47 heavy (non-hydrogen) atoms. The highest BCUT2D eigenvalue weighted by atomic mass is 35.5. The molecule has 0 atom stereocenters. The number of anilines is 2. The minimum atomic E-state index is -0.306. The first-order valence-corrected chi connectivity index (χ1v) is 15.8. The second-order valence-corrected chi connectivity index (χ2v) is 12.0. The number of fused-ring (bicyclic) bond motifs is 1. The third kappa shape index (κ3) is 7.19. The fourth-order valence-corrected chi connectivity index (χ4v) is 6.09. The molecule has 0 bridgehead atoms. The highest BCUT2D eigenvalue weighted by molar-refractivity contribution is 6.32. The maximum Gasteiger partial charge on any atom is 0.141 e. The second kappa shape index (κ2) is 13.7. The molecular weight excluding hydrogens is 617 g/mol. The summed E-state index contributed by atoms with van der Waals surface area (Å²) in [7, 11) is 1.69. The average Bonchev–Trinajstić information content (AvgIpc) is 3.59. The van der Waals surface area contributed by atoms with E-state index in [1.165, 1.54) is 24.0 Å². The number of halogens is 2. The number of rotatable bonds is 10. The van der Waals surface area contributed by atoms with Crippen molar-refractivity contribution in [3.63, 3.8) is 0 Å². The molecule has 1 saturated heterocycles. The van der Waals surface area contributed by atoms with Gasteiger partial charge in [-0.1, -0.05) is 47.1 Å². The molecule has 7 rings (SSSR count). The van der Waals surface area contributed by atoms with Gasteiger partial charge < -0.3 is 14.8 Å². The maximum absolute atomic E-state index is 13.5. The van der Waals surface area contributed by atoms with Gasteiger partial charge in [0.1, 0.15) is 41.8 Å². The Balaban J connectivity index is 1.01. The molecule has 1 fully saturated rings. The van der Waals surface area contributed by atoms with E-state index < -0.39 is 0 Å². The van der Waals surface area contributed by atoms with Crippen LogP contribution in [-0.4, -0.2) is 50.1 Å². The van der Waals surface area contributed by atoms with E-state index in [0.29, 0.717) is 22.6 Å². The number of nitrogens with zero attached hydrogens (tertiary/aromatic N) is 6. The number of ether oxygens (including phenoxy) is 2. The van der Waals surface area contributed by atoms with Crippen molar-refractivity contribution in [3.05, 3.63) is 119 Å². The highest BCUT2D eigenvalue weighted by Crippen LogP contribution is 2.33. The van der Waals surface area contributed by atoms with Gasteiger partial charge in [0.15, 0.2) is 0 Å². The molecule has 0 amide bonds. The molecule has 0 radical (unpaired) electrons. The van der Waals surface area contributed by atoms with E-state index in [1.54, 1.807) is 31.4 Å². The largest absolute Gasteiger partial charge is 0.497 e. The Labute approximate surface area is 276 Å². The first-order valence-electron chi connectivity index (χ1n) is 15.5. The van der Waals surface area contributed by atoms with Crippen LogP contribution in [0.1, 0.15) is 30.0 Å². The molecule has 0 spiro atoms. The van der Waals surface area contributed by atoms with Crippen LogP contribution < -0.4 is 14.8 Å². The molecule has 6 aromatic rings. The van der Waals surface area contributed by atoms with Crippen molar-refractivity contribution in [1.82, 2.24) is 29.9 Å². The van der Waals surface area contributed by atoms with Crippen LogP contribution in [0.2, 0.25) is 5.02 Å². The molecule has 238 valence electrons. The average molecular weight is 650 g/mol. The van der Waals surface area contributed by atoms with Crippen molar-refractivity contribution in [3.8, 4) is 22.8 Å². The third-order valence-corrected chi connectivity index (χ3v) is 8.71. The minimum absolute atomic E-state index is 0.206. The number of aromatic nitrogens is 5. The summed E-state index contributed by atoms with van der Waals surface area (Å²) in [6, 6.07) is 26.3. The standard InChI is InChI=1S/C36H33ClFN7O2/c1-46-30-9-5-24(6-10-30)20-44-15-13-29(14-16-44)45-21-34(42-43-45)26-7-11-33-31(18-26)36(40-23-39-33)41-28-8-12-35(32(37)19-28)47-22-25-3-2-4-27(38)17-25/h2-12,17-19,21,23,29H,13-16,20,22H2,1H3,(H,39,40,41). The van der Waals surface area contributed by atoms with E-state index in [4.69, 9.17) is 21.1 Å². The molecule has 0 unspecified atom stereocenters. The van der Waals surface area contributed by atoms with Crippen LogP contribution >= 0.6 is 11.6 Å². The normalized spacial score (nSPS) is 13.9. The second-order valence-electron chi connectivity index (χ2n) is 11.6. The van der Waals surface area contributed by atoms with E-state index in [-0.39, 0.29) is 12.4 Å². The van der Waals surface area contributed by atoms with Gasteiger partial charge in [-0.05, 0) is 78.6 Å². The zero-order valence-corrected chi connectivity index (χ0v) is 26.6. The Hall–Kier alpha value is -5.06. The number of hydrogen-bond acceptors (Lipinski definition) is 8. The predicted octanol–water partition coefficient (Wildman–Crippen LogP) is 7.85. The minimum Gasteiger partial charge on any atom is -0.497 e. The molecule has 3 heterocycles.